The molecule has 1 aliphatic rings. The van der Waals surface area contributed by atoms with Crippen molar-refractivity contribution in [2.45, 2.75) is 26.3 Å². The van der Waals surface area contributed by atoms with Gasteiger partial charge in [0, 0.05) is 17.8 Å². The van der Waals surface area contributed by atoms with Gasteiger partial charge in [0.25, 0.3) is 5.91 Å². The van der Waals surface area contributed by atoms with E-state index in [4.69, 9.17) is 4.74 Å². The van der Waals surface area contributed by atoms with E-state index in [0.717, 1.165) is 16.8 Å². The molecule has 0 aromatic heterocycles. The number of aryl methyl sites for hydroxylation is 2. The first-order chi connectivity index (χ1) is 12.0. The van der Waals surface area contributed by atoms with Crippen LogP contribution in [0.25, 0.3) is 0 Å². The highest BCUT2D eigenvalue weighted by Gasteiger charge is 2.33. The first kappa shape index (κ1) is 17.0. The van der Waals surface area contributed by atoms with Gasteiger partial charge in [-0.15, -0.1) is 0 Å². The SMILES string of the molecule is COc1cccc(C(=O)NC2CCN(c3cc(C)cc(C)c3)C2=O)c1. The lowest BCUT2D eigenvalue weighted by Crippen LogP contribution is -2.41. The summed E-state index contributed by atoms with van der Waals surface area (Å²) in [4.78, 5) is 26.9. The second-order valence-electron chi connectivity index (χ2n) is 6.38. The lowest BCUT2D eigenvalue weighted by molar-refractivity contribution is -0.118. The molecule has 0 radical (unpaired) electrons. The van der Waals surface area contributed by atoms with Gasteiger partial charge in [0.05, 0.1) is 7.11 Å². The van der Waals surface area contributed by atoms with Crippen LogP contribution in [0, 0.1) is 13.8 Å². The zero-order chi connectivity index (χ0) is 18.0. The molecule has 25 heavy (non-hydrogen) atoms. The van der Waals surface area contributed by atoms with Crippen LogP contribution < -0.4 is 15.0 Å². The Bertz CT molecular complexity index is 796. The normalized spacial score (nSPS) is 16.8. The van der Waals surface area contributed by atoms with Crippen molar-refractivity contribution in [2.24, 2.45) is 0 Å². The maximum Gasteiger partial charge on any atom is 0.252 e. The van der Waals surface area contributed by atoms with Gasteiger partial charge in [-0.05, 0) is 61.7 Å². The molecule has 1 fully saturated rings. The third-order valence-corrected chi connectivity index (χ3v) is 4.36. The van der Waals surface area contributed by atoms with E-state index in [-0.39, 0.29) is 11.8 Å². The largest absolute Gasteiger partial charge is 0.497 e. The van der Waals surface area contributed by atoms with E-state index in [1.165, 1.54) is 0 Å². The van der Waals surface area contributed by atoms with Gasteiger partial charge in [-0.2, -0.15) is 0 Å². The van der Waals surface area contributed by atoms with Gasteiger partial charge in [0.2, 0.25) is 5.91 Å². The quantitative estimate of drug-likeness (QED) is 0.932. The molecule has 1 N–H and O–H groups in total. The maximum absolute atomic E-state index is 12.7. The average molecular weight is 338 g/mol. The summed E-state index contributed by atoms with van der Waals surface area (Å²) in [7, 11) is 1.55. The summed E-state index contributed by atoms with van der Waals surface area (Å²) in [6.45, 7) is 4.63. The van der Waals surface area contributed by atoms with E-state index < -0.39 is 6.04 Å². The molecule has 5 heteroatoms. The number of ether oxygens (including phenoxy) is 1. The molecule has 2 aromatic rings. The van der Waals surface area contributed by atoms with E-state index in [9.17, 15) is 9.59 Å². The summed E-state index contributed by atoms with van der Waals surface area (Å²) in [5.74, 6) is 0.281. The fraction of sp³-hybridized carbons (Fsp3) is 0.300. The average Bonchev–Trinajstić information content (AvgIpc) is 2.94. The molecule has 1 atom stereocenters. The number of hydrogen-bond acceptors (Lipinski definition) is 3. The molecular weight excluding hydrogens is 316 g/mol. The van der Waals surface area contributed by atoms with Crippen molar-refractivity contribution in [1.29, 1.82) is 0 Å². The molecule has 0 aliphatic carbocycles. The Morgan fingerprint density at radius 1 is 1.16 bits per heavy atom. The predicted molar refractivity (Wildman–Crippen MR) is 97.1 cm³/mol. The predicted octanol–water partition coefficient (Wildman–Crippen LogP) is 2.85. The molecule has 1 saturated heterocycles. The van der Waals surface area contributed by atoms with Crippen LogP contribution in [0.15, 0.2) is 42.5 Å². The van der Waals surface area contributed by atoms with Crippen LogP contribution in [0.2, 0.25) is 0 Å². The van der Waals surface area contributed by atoms with Crippen molar-refractivity contribution < 1.29 is 14.3 Å². The van der Waals surface area contributed by atoms with Gasteiger partial charge in [0.1, 0.15) is 11.8 Å². The second kappa shape index (κ2) is 6.97. The number of carbonyl (C=O) groups excluding carboxylic acids is 2. The Labute approximate surface area is 147 Å². The summed E-state index contributed by atoms with van der Waals surface area (Å²) in [6.07, 6.45) is 0.599. The minimum Gasteiger partial charge on any atom is -0.497 e. The number of nitrogens with zero attached hydrogens (tertiary/aromatic N) is 1. The number of carbonyl (C=O) groups is 2. The monoisotopic (exact) mass is 338 g/mol. The first-order valence-corrected chi connectivity index (χ1v) is 8.32. The molecule has 0 bridgehead atoms. The lowest BCUT2D eigenvalue weighted by Gasteiger charge is -2.18. The van der Waals surface area contributed by atoms with Gasteiger partial charge in [-0.1, -0.05) is 12.1 Å². The van der Waals surface area contributed by atoms with Crippen LogP contribution in [-0.2, 0) is 4.79 Å². The molecule has 0 saturated carbocycles. The fourth-order valence-corrected chi connectivity index (χ4v) is 3.18. The highest BCUT2D eigenvalue weighted by Crippen LogP contribution is 2.24. The Morgan fingerprint density at radius 3 is 2.56 bits per heavy atom. The number of methoxy groups -OCH3 is 1. The molecule has 1 unspecified atom stereocenters. The molecule has 2 aromatic carbocycles. The summed E-state index contributed by atoms with van der Waals surface area (Å²) >= 11 is 0. The molecule has 1 heterocycles. The van der Waals surface area contributed by atoms with Crippen LogP contribution in [0.4, 0.5) is 5.69 Å². The van der Waals surface area contributed by atoms with Crippen LogP contribution >= 0.6 is 0 Å². The van der Waals surface area contributed by atoms with E-state index in [1.807, 2.05) is 26.0 Å². The zero-order valence-electron chi connectivity index (χ0n) is 14.7. The van der Waals surface area contributed by atoms with Crippen LogP contribution in [-0.4, -0.2) is 31.5 Å². The van der Waals surface area contributed by atoms with E-state index in [0.29, 0.717) is 24.3 Å². The lowest BCUT2D eigenvalue weighted by atomic mass is 10.1. The standard InChI is InChI=1S/C20H22N2O3/c1-13-9-14(2)11-16(10-13)22-8-7-18(20(22)24)21-19(23)15-5-4-6-17(12-15)25-3/h4-6,9-12,18H,7-8H2,1-3H3,(H,21,23). The molecule has 3 rings (SSSR count). The van der Waals surface area contributed by atoms with Crippen molar-refractivity contribution in [1.82, 2.24) is 5.32 Å². The minimum atomic E-state index is -0.500. The van der Waals surface area contributed by atoms with Gasteiger partial charge in [-0.25, -0.2) is 0 Å². The van der Waals surface area contributed by atoms with Gasteiger partial charge in [-0.3, -0.25) is 9.59 Å². The topological polar surface area (TPSA) is 58.6 Å². The van der Waals surface area contributed by atoms with Crippen molar-refractivity contribution in [3.05, 3.63) is 59.2 Å². The van der Waals surface area contributed by atoms with Crippen LogP contribution in [0.1, 0.15) is 27.9 Å². The minimum absolute atomic E-state index is 0.0683. The first-order valence-electron chi connectivity index (χ1n) is 8.32. The number of benzene rings is 2. The van der Waals surface area contributed by atoms with Gasteiger partial charge < -0.3 is 15.0 Å². The highest BCUT2D eigenvalue weighted by molar-refractivity contribution is 6.04. The maximum atomic E-state index is 12.7. The van der Waals surface area contributed by atoms with Crippen LogP contribution in [0.5, 0.6) is 5.75 Å². The van der Waals surface area contributed by atoms with Gasteiger partial charge in [0.15, 0.2) is 0 Å². The van der Waals surface area contributed by atoms with Gasteiger partial charge >= 0.3 is 0 Å². The second-order valence-corrected chi connectivity index (χ2v) is 6.38. The smallest absolute Gasteiger partial charge is 0.252 e. The zero-order valence-corrected chi connectivity index (χ0v) is 14.7. The molecule has 0 spiro atoms. The van der Waals surface area contributed by atoms with Crippen molar-refractivity contribution in [2.75, 3.05) is 18.6 Å². The Balaban J connectivity index is 1.72. The summed E-state index contributed by atoms with van der Waals surface area (Å²) < 4.78 is 5.14. The number of anilines is 1. The van der Waals surface area contributed by atoms with E-state index >= 15 is 0 Å². The third-order valence-electron chi connectivity index (χ3n) is 4.36. The van der Waals surface area contributed by atoms with E-state index in [2.05, 4.69) is 11.4 Å². The van der Waals surface area contributed by atoms with Crippen molar-refractivity contribution in [3.8, 4) is 5.75 Å². The van der Waals surface area contributed by atoms with E-state index in [1.54, 1.807) is 36.3 Å². The Kier molecular flexibility index (Phi) is 4.74. The molecule has 130 valence electrons. The molecule has 1 aliphatic heterocycles. The van der Waals surface area contributed by atoms with Crippen LogP contribution in [0.3, 0.4) is 0 Å². The summed E-state index contributed by atoms with van der Waals surface area (Å²) in [6, 6.07) is 12.5. The fourth-order valence-electron chi connectivity index (χ4n) is 3.18. The number of hydrogen-bond donors (Lipinski definition) is 1. The number of nitrogens with one attached hydrogen (secondary N) is 1. The number of rotatable bonds is 4. The third kappa shape index (κ3) is 3.65. The Morgan fingerprint density at radius 2 is 1.88 bits per heavy atom. The van der Waals surface area contributed by atoms with Crippen molar-refractivity contribution in [3.63, 3.8) is 0 Å². The highest BCUT2D eigenvalue weighted by atomic mass is 16.5. The Hall–Kier alpha value is -2.82. The summed E-state index contributed by atoms with van der Waals surface area (Å²) in [5, 5.41) is 2.84. The molecular formula is C20H22N2O3. The molecule has 2 amide bonds. The summed E-state index contributed by atoms with van der Waals surface area (Å²) in [5.41, 5.74) is 3.61. The van der Waals surface area contributed by atoms with Crippen molar-refractivity contribution >= 4 is 17.5 Å². The number of amides is 2. The molecule has 5 nitrogen and oxygen atoms in total.